The number of rotatable bonds is 4. The van der Waals surface area contributed by atoms with Gasteiger partial charge in [0.2, 0.25) is 5.91 Å². The number of nitrogens with zero attached hydrogens (tertiary/aromatic N) is 1. The summed E-state index contributed by atoms with van der Waals surface area (Å²) in [7, 11) is 3.99. The first-order valence-electron chi connectivity index (χ1n) is 5.68. The van der Waals surface area contributed by atoms with Crippen LogP contribution in [0.1, 0.15) is 12.0 Å². The maximum atomic E-state index is 11.8. The first-order chi connectivity index (χ1) is 7.98. The highest BCUT2D eigenvalue weighted by molar-refractivity contribution is 6.31. The third kappa shape index (κ3) is 2.48. The molecular weight excluding hydrogens is 271 g/mol. The van der Waals surface area contributed by atoms with Crippen molar-refractivity contribution in [1.82, 2.24) is 4.90 Å². The van der Waals surface area contributed by atoms with Gasteiger partial charge < -0.3 is 10.6 Å². The van der Waals surface area contributed by atoms with Crippen molar-refractivity contribution in [2.24, 2.45) is 11.7 Å². The fraction of sp³-hybridized carbons (Fsp3) is 0.462. The summed E-state index contributed by atoms with van der Waals surface area (Å²) < 4.78 is 0. The van der Waals surface area contributed by atoms with Crippen molar-refractivity contribution in [2.45, 2.75) is 11.8 Å². The van der Waals surface area contributed by atoms with Crippen LogP contribution in [0.3, 0.4) is 0 Å². The van der Waals surface area contributed by atoms with Gasteiger partial charge in [-0.2, -0.15) is 0 Å². The van der Waals surface area contributed by atoms with E-state index in [9.17, 15) is 4.79 Å². The van der Waals surface area contributed by atoms with Gasteiger partial charge in [0.15, 0.2) is 0 Å². The normalized spacial score (nSPS) is 25.7. The van der Waals surface area contributed by atoms with Crippen molar-refractivity contribution < 1.29 is 4.79 Å². The number of carbonyl (C=O) groups excluding carboxylic acids is 1. The highest BCUT2D eigenvalue weighted by Crippen LogP contribution is 2.55. The quantitative estimate of drug-likeness (QED) is 0.922. The van der Waals surface area contributed by atoms with Gasteiger partial charge >= 0.3 is 0 Å². The second-order valence-corrected chi connectivity index (χ2v) is 5.39. The van der Waals surface area contributed by atoms with Crippen LogP contribution in [0.4, 0.5) is 0 Å². The van der Waals surface area contributed by atoms with Crippen LogP contribution in [0.15, 0.2) is 24.3 Å². The van der Waals surface area contributed by atoms with E-state index in [1.165, 1.54) is 0 Å². The summed E-state index contributed by atoms with van der Waals surface area (Å²) in [6.45, 7) is 0.855. The van der Waals surface area contributed by atoms with E-state index in [4.69, 9.17) is 17.3 Å². The van der Waals surface area contributed by atoms with Crippen LogP contribution in [0.5, 0.6) is 0 Å². The first kappa shape index (κ1) is 15.3. The Hall–Kier alpha value is -0.770. The van der Waals surface area contributed by atoms with Crippen molar-refractivity contribution in [3.05, 3.63) is 34.9 Å². The predicted octanol–water partition coefficient (Wildman–Crippen LogP) is 2.07. The molecule has 0 saturated heterocycles. The Morgan fingerprint density at radius 3 is 2.61 bits per heavy atom. The summed E-state index contributed by atoms with van der Waals surface area (Å²) in [6, 6.07) is 7.48. The van der Waals surface area contributed by atoms with E-state index in [-0.39, 0.29) is 24.2 Å². The summed E-state index contributed by atoms with van der Waals surface area (Å²) in [4.78, 5) is 13.8. The molecule has 100 valence electrons. The zero-order valence-corrected chi connectivity index (χ0v) is 12.1. The third-order valence-corrected chi connectivity index (χ3v) is 3.81. The van der Waals surface area contributed by atoms with Gasteiger partial charge in [0.05, 0.1) is 5.41 Å². The van der Waals surface area contributed by atoms with Crippen molar-refractivity contribution in [3.63, 3.8) is 0 Å². The molecule has 0 aromatic heterocycles. The fourth-order valence-electron chi connectivity index (χ4n) is 2.58. The van der Waals surface area contributed by atoms with E-state index >= 15 is 0 Å². The maximum absolute atomic E-state index is 11.8. The van der Waals surface area contributed by atoms with E-state index < -0.39 is 5.41 Å². The molecule has 1 amide bonds. The van der Waals surface area contributed by atoms with Crippen LogP contribution < -0.4 is 5.73 Å². The third-order valence-electron chi connectivity index (χ3n) is 3.48. The number of hydrogen-bond acceptors (Lipinski definition) is 2. The topological polar surface area (TPSA) is 46.3 Å². The zero-order chi connectivity index (χ0) is 12.6. The summed E-state index contributed by atoms with van der Waals surface area (Å²) in [5.41, 5.74) is 5.91. The molecule has 1 saturated carbocycles. The zero-order valence-electron chi connectivity index (χ0n) is 10.5. The lowest BCUT2D eigenvalue weighted by atomic mass is 9.92. The maximum Gasteiger partial charge on any atom is 0.228 e. The Labute approximate surface area is 119 Å². The monoisotopic (exact) mass is 288 g/mol. The van der Waals surface area contributed by atoms with Gasteiger partial charge in [-0.25, -0.2) is 0 Å². The molecular formula is C13H18Cl2N2O. The van der Waals surface area contributed by atoms with E-state index in [0.29, 0.717) is 5.02 Å². The molecule has 2 N–H and O–H groups in total. The number of hydrogen-bond donors (Lipinski definition) is 1. The number of primary amides is 1. The van der Waals surface area contributed by atoms with Crippen molar-refractivity contribution >= 4 is 29.9 Å². The standard InChI is InChI=1S/C13H17ClN2O.ClH/c1-16(2)8-9-7-13(9,12(15)17)10-5-3-4-6-11(10)14;/h3-6,9H,7-8H2,1-2H3,(H2,15,17);1H/t9-,13-;/m1./s1. The SMILES string of the molecule is CN(C)C[C@H]1C[C@]1(C(N)=O)c1ccccc1Cl.Cl. The molecule has 1 fully saturated rings. The Bertz CT molecular complexity index is 450. The average molecular weight is 289 g/mol. The van der Waals surface area contributed by atoms with Crippen molar-refractivity contribution in [2.75, 3.05) is 20.6 Å². The van der Waals surface area contributed by atoms with Crippen LogP contribution in [-0.2, 0) is 10.2 Å². The molecule has 5 heteroatoms. The molecule has 2 rings (SSSR count). The molecule has 1 aliphatic rings. The lowest BCUT2D eigenvalue weighted by molar-refractivity contribution is -0.120. The second-order valence-electron chi connectivity index (χ2n) is 4.98. The van der Waals surface area contributed by atoms with Crippen molar-refractivity contribution in [3.8, 4) is 0 Å². The van der Waals surface area contributed by atoms with Crippen LogP contribution >= 0.6 is 24.0 Å². The van der Waals surface area contributed by atoms with Gasteiger partial charge in [-0.05, 0) is 38.1 Å². The molecule has 0 unspecified atom stereocenters. The van der Waals surface area contributed by atoms with Crippen LogP contribution in [0.25, 0.3) is 0 Å². The largest absolute Gasteiger partial charge is 0.369 e. The van der Waals surface area contributed by atoms with E-state index in [2.05, 4.69) is 4.90 Å². The Balaban J connectivity index is 0.00000162. The fourth-order valence-corrected chi connectivity index (χ4v) is 2.88. The van der Waals surface area contributed by atoms with Gasteiger partial charge in [-0.3, -0.25) is 4.79 Å². The number of amides is 1. The van der Waals surface area contributed by atoms with E-state index in [0.717, 1.165) is 18.5 Å². The Kier molecular flexibility index (Phi) is 4.65. The number of halogens is 2. The molecule has 0 spiro atoms. The molecule has 1 aromatic carbocycles. The minimum atomic E-state index is -0.553. The first-order valence-corrected chi connectivity index (χ1v) is 6.06. The molecule has 1 aliphatic carbocycles. The van der Waals surface area contributed by atoms with Gasteiger partial charge in [-0.1, -0.05) is 29.8 Å². The predicted molar refractivity (Wildman–Crippen MR) is 76.2 cm³/mol. The van der Waals surface area contributed by atoms with E-state index in [1.807, 2.05) is 38.4 Å². The van der Waals surface area contributed by atoms with Gasteiger partial charge in [0.25, 0.3) is 0 Å². The molecule has 2 atom stereocenters. The highest BCUT2D eigenvalue weighted by Gasteiger charge is 2.60. The average Bonchev–Trinajstić information content (AvgIpc) is 2.93. The molecule has 18 heavy (non-hydrogen) atoms. The number of benzene rings is 1. The molecule has 3 nitrogen and oxygen atoms in total. The number of carbonyl (C=O) groups is 1. The van der Waals surface area contributed by atoms with Crippen LogP contribution in [0, 0.1) is 5.92 Å². The van der Waals surface area contributed by atoms with Gasteiger partial charge in [-0.15, -0.1) is 12.4 Å². The molecule has 0 bridgehead atoms. The van der Waals surface area contributed by atoms with Crippen LogP contribution in [0.2, 0.25) is 5.02 Å². The molecule has 0 aliphatic heterocycles. The lowest BCUT2D eigenvalue weighted by Crippen LogP contribution is -2.33. The minimum absolute atomic E-state index is 0. The minimum Gasteiger partial charge on any atom is -0.369 e. The smallest absolute Gasteiger partial charge is 0.228 e. The summed E-state index contributed by atoms with van der Waals surface area (Å²) in [5.74, 6) is 0.00681. The van der Waals surface area contributed by atoms with Gasteiger partial charge in [0, 0.05) is 11.6 Å². The highest BCUT2D eigenvalue weighted by atomic mass is 35.5. The van der Waals surface area contributed by atoms with E-state index in [1.54, 1.807) is 0 Å². The second kappa shape index (κ2) is 5.47. The molecule has 1 aromatic rings. The number of nitrogens with two attached hydrogens (primary N) is 1. The van der Waals surface area contributed by atoms with Gasteiger partial charge in [0.1, 0.15) is 0 Å². The Morgan fingerprint density at radius 1 is 1.50 bits per heavy atom. The molecule has 0 radical (unpaired) electrons. The molecule has 0 heterocycles. The van der Waals surface area contributed by atoms with Crippen molar-refractivity contribution in [1.29, 1.82) is 0 Å². The summed E-state index contributed by atoms with van der Waals surface area (Å²) in [5, 5.41) is 0.632. The lowest BCUT2D eigenvalue weighted by Gasteiger charge is -2.17. The summed E-state index contributed by atoms with van der Waals surface area (Å²) >= 11 is 6.17. The Morgan fingerprint density at radius 2 is 2.11 bits per heavy atom. The summed E-state index contributed by atoms with van der Waals surface area (Å²) in [6.07, 6.45) is 0.796. The van der Waals surface area contributed by atoms with Crippen LogP contribution in [-0.4, -0.2) is 31.4 Å².